The van der Waals surface area contributed by atoms with Gasteiger partial charge in [0.25, 0.3) is 0 Å². The van der Waals surface area contributed by atoms with Crippen LogP contribution >= 0.6 is 0 Å². The Kier molecular flexibility index (Phi) is 1.97. The highest BCUT2D eigenvalue weighted by molar-refractivity contribution is 5.73. The van der Waals surface area contributed by atoms with Crippen molar-refractivity contribution in [3.8, 4) is 17.2 Å². The number of nitrogens with zero attached hydrogens (tertiary/aromatic N) is 2. The van der Waals surface area contributed by atoms with E-state index in [2.05, 4.69) is 17.1 Å². The fourth-order valence-corrected chi connectivity index (χ4v) is 2.33. The molecule has 1 aliphatic carbocycles. The minimum Gasteiger partial charge on any atom is -0.264 e. The molecule has 0 saturated heterocycles. The van der Waals surface area contributed by atoms with E-state index in [4.69, 9.17) is 0 Å². The Morgan fingerprint density at radius 2 is 2.06 bits per heavy atom. The first-order valence-corrected chi connectivity index (χ1v) is 5.32. The van der Waals surface area contributed by atoms with Crippen LogP contribution in [0.2, 0.25) is 0 Å². The summed E-state index contributed by atoms with van der Waals surface area (Å²) in [6.45, 7) is 0. The van der Waals surface area contributed by atoms with Gasteiger partial charge in [0, 0.05) is 18.0 Å². The second kappa shape index (κ2) is 3.46. The molecule has 1 aromatic carbocycles. The molecule has 3 rings (SSSR count). The number of pyridine rings is 1. The number of nitriles is 1. The quantitative estimate of drug-likeness (QED) is 0.664. The summed E-state index contributed by atoms with van der Waals surface area (Å²) in [6.07, 6.45) is 4.48. The summed E-state index contributed by atoms with van der Waals surface area (Å²) in [4.78, 5) is 4.16. The Morgan fingerprint density at radius 1 is 1.19 bits per heavy atom. The summed E-state index contributed by atoms with van der Waals surface area (Å²) in [5, 5.41) is 9.20. The van der Waals surface area contributed by atoms with Crippen molar-refractivity contribution in [2.45, 2.75) is 12.3 Å². The van der Waals surface area contributed by atoms with Gasteiger partial charge in [-0.15, -0.1) is 0 Å². The third-order valence-corrected chi connectivity index (χ3v) is 3.12. The lowest BCUT2D eigenvalue weighted by molar-refractivity contribution is 0.833. The van der Waals surface area contributed by atoms with E-state index in [-0.39, 0.29) is 5.92 Å². The molecule has 2 heteroatoms. The topological polar surface area (TPSA) is 36.7 Å². The number of rotatable bonds is 0. The fraction of sp³-hybridized carbons (Fsp3) is 0.143. The minimum atomic E-state index is -0.0221. The molecule has 0 spiro atoms. The Labute approximate surface area is 94.2 Å². The Balaban J connectivity index is 2.29. The maximum atomic E-state index is 9.20. The molecule has 76 valence electrons. The van der Waals surface area contributed by atoms with Crippen molar-refractivity contribution in [2.75, 3.05) is 0 Å². The van der Waals surface area contributed by atoms with Crippen molar-refractivity contribution in [1.29, 1.82) is 5.26 Å². The van der Waals surface area contributed by atoms with Gasteiger partial charge in [-0.1, -0.05) is 24.3 Å². The van der Waals surface area contributed by atoms with Gasteiger partial charge in [0.15, 0.2) is 0 Å². The molecule has 1 aliphatic rings. The SMILES string of the molecule is N#CC1Cc2ccncc2-c2ccccc21. The van der Waals surface area contributed by atoms with Crippen LogP contribution in [0.4, 0.5) is 0 Å². The van der Waals surface area contributed by atoms with Crippen LogP contribution in [-0.4, -0.2) is 4.98 Å². The summed E-state index contributed by atoms with van der Waals surface area (Å²) in [6, 6.07) is 12.5. The second-order valence-corrected chi connectivity index (χ2v) is 4.01. The zero-order valence-electron chi connectivity index (χ0n) is 8.72. The van der Waals surface area contributed by atoms with Gasteiger partial charge in [-0.25, -0.2) is 0 Å². The summed E-state index contributed by atoms with van der Waals surface area (Å²) in [5.74, 6) is -0.0221. The van der Waals surface area contributed by atoms with Crippen LogP contribution in [0.25, 0.3) is 11.1 Å². The van der Waals surface area contributed by atoms with Crippen LogP contribution in [0.3, 0.4) is 0 Å². The average Bonchev–Trinajstić information content (AvgIpc) is 2.38. The number of hydrogen-bond donors (Lipinski definition) is 0. The number of benzene rings is 1. The molecule has 0 N–H and O–H groups in total. The van der Waals surface area contributed by atoms with Gasteiger partial charge in [0.1, 0.15) is 0 Å². The van der Waals surface area contributed by atoms with E-state index < -0.39 is 0 Å². The molecule has 1 atom stereocenters. The first-order chi connectivity index (χ1) is 7.90. The molecule has 0 aliphatic heterocycles. The summed E-state index contributed by atoms with van der Waals surface area (Å²) in [7, 11) is 0. The average molecular weight is 206 g/mol. The molecule has 0 bridgehead atoms. The van der Waals surface area contributed by atoms with Crippen molar-refractivity contribution in [3.05, 3.63) is 53.9 Å². The molecule has 2 nitrogen and oxygen atoms in total. The normalized spacial score (nSPS) is 17.1. The molecular weight excluding hydrogens is 196 g/mol. The summed E-state index contributed by atoms with van der Waals surface area (Å²) < 4.78 is 0. The molecule has 1 aromatic heterocycles. The highest BCUT2D eigenvalue weighted by Gasteiger charge is 2.23. The maximum Gasteiger partial charge on any atom is 0.0759 e. The Bertz CT molecular complexity index is 581. The van der Waals surface area contributed by atoms with E-state index in [0.29, 0.717) is 0 Å². The van der Waals surface area contributed by atoms with Gasteiger partial charge >= 0.3 is 0 Å². The molecule has 2 aromatic rings. The zero-order valence-corrected chi connectivity index (χ0v) is 8.72. The van der Waals surface area contributed by atoms with Crippen LogP contribution < -0.4 is 0 Å². The fourth-order valence-electron chi connectivity index (χ4n) is 2.33. The van der Waals surface area contributed by atoms with Crippen molar-refractivity contribution in [2.24, 2.45) is 0 Å². The Morgan fingerprint density at radius 3 is 2.94 bits per heavy atom. The van der Waals surface area contributed by atoms with Crippen LogP contribution in [0, 0.1) is 11.3 Å². The van der Waals surface area contributed by atoms with E-state index in [1.807, 2.05) is 30.5 Å². The van der Waals surface area contributed by atoms with E-state index in [9.17, 15) is 5.26 Å². The molecule has 16 heavy (non-hydrogen) atoms. The lowest BCUT2D eigenvalue weighted by Crippen LogP contribution is -2.09. The van der Waals surface area contributed by atoms with Crippen LogP contribution in [0.5, 0.6) is 0 Å². The lowest BCUT2D eigenvalue weighted by atomic mass is 9.80. The largest absolute Gasteiger partial charge is 0.264 e. The van der Waals surface area contributed by atoms with Gasteiger partial charge in [0.05, 0.1) is 12.0 Å². The summed E-state index contributed by atoms with van der Waals surface area (Å²) in [5.41, 5.74) is 4.68. The van der Waals surface area contributed by atoms with E-state index >= 15 is 0 Å². The number of aromatic nitrogens is 1. The van der Waals surface area contributed by atoms with Gasteiger partial charge in [-0.3, -0.25) is 4.98 Å². The van der Waals surface area contributed by atoms with E-state index in [1.54, 1.807) is 6.20 Å². The van der Waals surface area contributed by atoms with E-state index in [1.165, 1.54) is 11.1 Å². The van der Waals surface area contributed by atoms with Crippen LogP contribution in [-0.2, 0) is 6.42 Å². The van der Waals surface area contributed by atoms with E-state index in [0.717, 1.165) is 17.5 Å². The number of hydrogen-bond acceptors (Lipinski definition) is 2. The lowest BCUT2D eigenvalue weighted by Gasteiger charge is -2.22. The molecule has 0 fully saturated rings. The Hall–Kier alpha value is -2.14. The minimum absolute atomic E-state index is 0.0221. The number of fused-ring (bicyclic) bond motifs is 3. The zero-order chi connectivity index (χ0) is 11.0. The van der Waals surface area contributed by atoms with Gasteiger partial charge in [-0.05, 0) is 29.2 Å². The van der Waals surface area contributed by atoms with Crippen LogP contribution in [0.15, 0.2) is 42.7 Å². The summed E-state index contributed by atoms with van der Waals surface area (Å²) >= 11 is 0. The predicted octanol–water partition coefficient (Wildman–Crippen LogP) is 2.91. The first-order valence-electron chi connectivity index (χ1n) is 5.32. The standard InChI is InChI=1S/C14H10N2/c15-8-11-7-10-5-6-16-9-14(10)13-4-2-1-3-12(11)13/h1-6,9,11H,7H2. The third kappa shape index (κ3) is 1.22. The van der Waals surface area contributed by atoms with Crippen molar-refractivity contribution in [1.82, 2.24) is 4.98 Å². The smallest absolute Gasteiger partial charge is 0.0759 e. The van der Waals surface area contributed by atoms with Gasteiger partial charge < -0.3 is 0 Å². The van der Waals surface area contributed by atoms with Gasteiger partial charge in [-0.2, -0.15) is 5.26 Å². The first kappa shape index (κ1) is 9.11. The van der Waals surface area contributed by atoms with Crippen molar-refractivity contribution in [3.63, 3.8) is 0 Å². The maximum absolute atomic E-state index is 9.20. The van der Waals surface area contributed by atoms with Gasteiger partial charge in [0.2, 0.25) is 0 Å². The monoisotopic (exact) mass is 206 g/mol. The molecule has 0 amide bonds. The highest BCUT2D eigenvalue weighted by Crippen LogP contribution is 2.38. The van der Waals surface area contributed by atoms with Crippen molar-refractivity contribution < 1.29 is 0 Å². The molecule has 1 heterocycles. The second-order valence-electron chi connectivity index (χ2n) is 4.01. The predicted molar refractivity (Wildman–Crippen MR) is 61.7 cm³/mol. The molecular formula is C14H10N2. The van der Waals surface area contributed by atoms with Crippen LogP contribution in [0.1, 0.15) is 17.0 Å². The highest BCUT2D eigenvalue weighted by atomic mass is 14.6. The molecule has 0 saturated carbocycles. The molecule has 1 unspecified atom stereocenters. The third-order valence-electron chi connectivity index (χ3n) is 3.12. The van der Waals surface area contributed by atoms with Crippen molar-refractivity contribution >= 4 is 0 Å². The molecule has 0 radical (unpaired) electrons.